The molecule has 1 fully saturated rings. The third kappa shape index (κ3) is 1.97. The maximum Gasteiger partial charge on any atom is 0.168 e. The fourth-order valence-electron chi connectivity index (χ4n) is 2.20. The third-order valence-electron chi connectivity index (χ3n) is 3.56. The molecular weight excluding hydrogens is 257 g/mol. The van der Waals surface area contributed by atoms with Gasteiger partial charge in [0.25, 0.3) is 0 Å². The first-order valence-electron chi connectivity index (χ1n) is 6.50. The molecule has 1 aliphatic rings. The molecule has 0 amide bonds. The van der Waals surface area contributed by atoms with E-state index in [2.05, 4.69) is 10.4 Å². The van der Waals surface area contributed by atoms with Crippen molar-refractivity contribution in [3.05, 3.63) is 35.6 Å². The highest BCUT2D eigenvalue weighted by atomic mass is 19.1. The number of benzene rings is 1. The second kappa shape index (κ2) is 4.85. The summed E-state index contributed by atoms with van der Waals surface area (Å²) in [6.45, 7) is 0. The second-order valence-corrected chi connectivity index (χ2v) is 4.86. The molecule has 1 aromatic carbocycles. The van der Waals surface area contributed by atoms with Crippen LogP contribution in [0.4, 0.5) is 16.0 Å². The predicted molar refractivity (Wildman–Crippen MR) is 73.9 cm³/mol. The summed E-state index contributed by atoms with van der Waals surface area (Å²) in [6, 6.07) is 8.56. The molecular formula is C14H14FN5. The van der Waals surface area contributed by atoms with E-state index in [-0.39, 0.29) is 17.1 Å². The van der Waals surface area contributed by atoms with Crippen LogP contribution in [-0.2, 0) is 0 Å². The monoisotopic (exact) mass is 271 g/mol. The first-order chi connectivity index (χ1) is 9.70. The summed E-state index contributed by atoms with van der Waals surface area (Å²) in [4.78, 5) is 0. The number of halogens is 1. The fraction of sp³-hybridized carbons (Fsp3) is 0.286. The van der Waals surface area contributed by atoms with Gasteiger partial charge in [0.1, 0.15) is 29.0 Å². The Hall–Kier alpha value is -2.55. The smallest absolute Gasteiger partial charge is 0.168 e. The number of hydrogen-bond donors (Lipinski definition) is 2. The summed E-state index contributed by atoms with van der Waals surface area (Å²) in [5.74, 6) is 0.152. The Morgan fingerprint density at radius 3 is 2.75 bits per heavy atom. The van der Waals surface area contributed by atoms with E-state index in [9.17, 15) is 9.65 Å². The van der Waals surface area contributed by atoms with Crippen LogP contribution in [0.5, 0.6) is 0 Å². The van der Waals surface area contributed by atoms with Crippen LogP contribution in [0.1, 0.15) is 24.8 Å². The van der Waals surface area contributed by atoms with Crippen molar-refractivity contribution in [3.63, 3.8) is 0 Å². The van der Waals surface area contributed by atoms with E-state index in [1.165, 1.54) is 17.2 Å². The van der Waals surface area contributed by atoms with Gasteiger partial charge in [-0.2, -0.15) is 5.26 Å². The molecule has 1 saturated carbocycles. The van der Waals surface area contributed by atoms with Crippen LogP contribution in [0, 0.1) is 17.1 Å². The summed E-state index contributed by atoms with van der Waals surface area (Å²) < 4.78 is 15.1. The summed E-state index contributed by atoms with van der Waals surface area (Å²) in [5, 5.41) is 16.7. The van der Waals surface area contributed by atoms with Gasteiger partial charge in [0.15, 0.2) is 5.82 Å². The first-order valence-corrected chi connectivity index (χ1v) is 6.50. The zero-order chi connectivity index (χ0) is 14.1. The average Bonchev–Trinajstić information content (AvgIpc) is 2.71. The van der Waals surface area contributed by atoms with Crippen LogP contribution in [0.3, 0.4) is 0 Å². The molecule has 102 valence electrons. The lowest BCUT2D eigenvalue weighted by Gasteiger charge is -2.26. The van der Waals surface area contributed by atoms with Crippen molar-refractivity contribution < 1.29 is 4.39 Å². The van der Waals surface area contributed by atoms with Gasteiger partial charge in [0.2, 0.25) is 0 Å². The minimum absolute atomic E-state index is 0.152. The summed E-state index contributed by atoms with van der Waals surface area (Å²) >= 11 is 0. The maximum absolute atomic E-state index is 13.8. The van der Waals surface area contributed by atoms with Crippen molar-refractivity contribution in [2.75, 3.05) is 11.1 Å². The van der Waals surface area contributed by atoms with E-state index >= 15 is 0 Å². The second-order valence-electron chi connectivity index (χ2n) is 4.86. The molecule has 0 bridgehead atoms. The number of nitrogens with zero attached hydrogens (tertiary/aromatic N) is 3. The average molecular weight is 271 g/mol. The van der Waals surface area contributed by atoms with E-state index in [1.807, 2.05) is 6.07 Å². The predicted octanol–water partition coefficient (Wildman–Crippen LogP) is 2.43. The van der Waals surface area contributed by atoms with E-state index in [0.717, 1.165) is 12.8 Å². The number of nitrogens with two attached hydrogens (primary N) is 1. The molecule has 2 aromatic rings. The Balaban J connectivity index is 2.04. The van der Waals surface area contributed by atoms with Gasteiger partial charge in [0.05, 0.1) is 0 Å². The van der Waals surface area contributed by atoms with Gasteiger partial charge in [-0.15, -0.1) is 5.10 Å². The summed E-state index contributed by atoms with van der Waals surface area (Å²) in [7, 11) is 0. The topological polar surface area (TPSA) is 79.7 Å². The van der Waals surface area contributed by atoms with E-state index < -0.39 is 5.82 Å². The lowest BCUT2D eigenvalue weighted by atomic mass is 9.93. The SMILES string of the molecule is N#Cc1c(NC2CCC2)nn(-c2ccccc2F)c1N. The lowest BCUT2D eigenvalue weighted by Crippen LogP contribution is -2.27. The Kier molecular flexibility index (Phi) is 3.03. The largest absolute Gasteiger partial charge is 0.382 e. The van der Waals surface area contributed by atoms with Crippen molar-refractivity contribution in [1.82, 2.24) is 9.78 Å². The lowest BCUT2D eigenvalue weighted by molar-refractivity contribution is 0.444. The number of nitrogen functional groups attached to an aromatic ring is 1. The molecule has 1 aromatic heterocycles. The number of aromatic nitrogens is 2. The van der Waals surface area contributed by atoms with Gasteiger partial charge in [-0.25, -0.2) is 9.07 Å². The van der Waals surface area contributed by atoms with Crippen LogP contribution >= 0.6 is 0 Å². The molecule has 0 saturated heterocycles. The number of nitriles is 1. The van der Waals surface area contributed by atoms with Crippen LogP contribution in [0.15, 0.2) is 24.3 Å². The summed E-state index contributed by atoms with van der Waals surface area (Å²) in [5.41, 5.74) is 6.43. The normalized spacial score (nSPS) is 14.6. The van der Waals surface area contributed by atoms with Crippen molar-refractivity contribution in [3.8, 4) is 11.8 Å². The Bertz CT molecular complexity index is 681. The molecule has 1 heterocycles. The zero-order valence-electron chi connectivity index (χ0n) is 10.8. The molecule has 0 atom stereocenters. The maximum atomic E-state index is 13.8. The number of nitrogens with one attached hydrogen (secondary N) is 1. The van der Waals surface area contributed by atoms with Gasteiger partial charge < -0.3 is 11.1 Å². The van der Waals surface area contributed by atoms with Crippen LogP contribution < -0.4 is 11.1 Å². The van der Waals surface area contributed by atoms with Crippen molar-refractivity contribution in [2.24, 2.45) is 0 Å². The number of para-hydroxylation sites is 1. The molecule has 0 radical (unpaired) electrons. The molecule has 3 N–H and O–H groups in total. The number of anilines is 2. The minimum Gasteiger partial charge on any atom is -0.382 e. The molecule has 1 aliphatic carbocycles. The highest BCUT2D eigenvalue weighted by Gasteiger charge is 2.23. The van der Waals surface area contributed by atoms with E-state index in [0.29, 0.717) is 11.9 Å². The zero-order valence-corrected chi connectivity index (χ0v) is 10.8. The van der Waals surface area contributed by atoms with E-state index in [4.69, 9.17) is 5.73 Å². The Labute approximate surface area is 115 Å². The summed E-state index contributed by atoms with van der Waals surface area (Å²) in [6.07, 6.45) is 3.28. The molecule has 20 heavy (non-hydrogen) atoms. The van der Waals surface area contributed by atoms with E-state index in [1.54, 1.807) is 18.2 Å². The number of hydrogen-bond acceptors (Lipinski definition) is 4. The molecule has 6 heteroatoms. The fourth-order valence-corrected chi connectivity index (χ4v) is 2.20. The van der Waals surface area contributed by atoms with Gasteiger partial charge in [-0.05, 0) is 31.4 Å². The molecule has 0 aliphatic heterocycles. The van der Waals surface area contributed by atoms with Crippen LogP contribution in [-0.4, -0.2) is 15.8 Å². The van der Waals surface area contributed by atoms with Gasteiger partial charge in [-0.3, -0.25) is 0 Å². The molecule has 3 rings (SSSR count). The third-order valence-corrected chi connectivity index (χ3v) is 3.56. The number of rotatable bonds is 3. The first kappa shape index (κ1) is 12.5. The quantitative estimate of drug-likeness (QED) is 0.898. The van der Waals surface area contributed by atoms with Gasteiger partial charge in [-0.1, -0.05) is 12.1 Å². The molecule has 0 spiro atoms. The molecule has 5 nitrogen and oxygen atoms in total. The Morgan fingerprint density at radius 1 is 1.40 bits per heavy atom. The molecule has 0 unspecified atom stereocenters. The minimum atomic E-state index is -0.429. The highest BCUT2D eigenvalue weighted by Crippen LogP contribution is 2.29. The van der Waals surface area contributed by atoms with Crippen molar-refractivity contribution >= 4 is 11.6 Å². The standard InChI is InChI=1S/C14H14FN5/c15-11-6-1-2-7-12(11)20-13(17)10(8-16)14(19-20)18-9-4-3-5-9/h1-2,6-7,9H,3-5,17H2,(H,18,19). The highest BCUT2D eigenvalue weighted by molar-refractivity contribution is 5.66. The van der Waals surface area contributed by atoms with Gasteiger partial charge >= 0.3 is 0 Å². The van der Waals surface area contributed by atoms with Crippen molar-refractivity contribution in [1.29, 1.82) is 5.26 Å². The van der Waals surface area contributed by atoms with Crippen molar-refractivity contribution in [2.45, 2.75) is 25.3 Å². The van der Waals surface area contributed by atoms with Crippen LogP contribution in [0.25, 0.3) is 5.69 Å². The van der Waals surface area contributed by atoms with Crippen LogP contribution in [0.2, 0.25) is 0 Å². The Morgan fingerprint density at radius 2 is 2.15 bits per heavy atom. The van der Waals surface area contributed by atoms with Gasteiger partial charge in [0, 0.05) is 6.04 Å².